The Morgan fingerprint density at radius 2 is 1.83 bits per heavy atom. The van der Waals surface area contributed by atoms with Gasteiger partial charge < -0.3 is 18.9 Å². The Morgan fingerprint density at radius 3 is 2.51 bits per heavy atom. The highest BCUT2D eigenvalue weighted by atomic mass is 16.5. The minimum absolute atomic E-state index is 0.0373. The molecule has 5 rings (SSSR count). The minimum Gasteiger partial charge on any atom is -0.491 e. The third-order valence-electron chi connectivity index (χ3n) is 6.06. The molecular formula is C28H28N4O3. The Hall–Kier alpha value is -3.97. The predicted octanol–water partition coefficient (Wildman–Crippen LogP) is 4.67. The van der Waals surface area contributed by atoms with E-state index < -0.39 is 0 Å². The molecule has 1 aliphatic heterocycles. The van der Waals surface area contributed by atoms with Gasteiger partial charge in [0, 0.05) is 55.7 Å². The minimum atomic E-state index is -0.0373. The molecule has 1 atom stereocenters. The highest BCUT2D eigenvalue weighted by Crippen LogP contribution is 2.20. The first-order valence-electron chi connectivity index (χ1n) is 11.8. The number of carbonyl (C=O) groups is 1. The van der Waals surface area contributed by atoms with Crippen molar-refractivity contribution in [2.45, 2.75) is 32.0 Å². The summed E-state index contributed by atoms with van der Waals surface area (Å²) >= 11 is 0. The normalized spacial score (nSPS) is 15.1. The maximum atomic E-state index is 13.5. The van der Waals surface area contributed by atoms with Crippen molar-refractivity contribution in [1.82, 2.24) is 19.4 Å². The van der Waals surface area contributed by atoms with Crippen LogP contribution in [-0.4, -0.2) is 44.7 Å². The molecule has 0 spiro atoms. The van der Waals surface area contributed by atoms with E-state index in [1.54, 1.807) is 24.9 Å². The molecule has 2 aromatic carbocycles. The van der Waals surface area contributed by atoms with Gasteiger partial charge in [0.2, 0.25) is 0 Å². The van der Waals surface area contributed by atoms with Crippen LogP contribution in [-0.2, 0) is 17.8 Å². The molecule has 0 bridgehead atoms. The molecule has 4 aromatic rings. The maximum absolute atomic E-state index is 13.5. The standard InChI is InChI=1S/C28H28N4O3/c33-28(24-7-9-25(10-8-24)31-15-14-30-21-31)32(19-23-3-1-13-29-17-23)18-22-5-11-26(12-6-22)35-20-27-4-2-16-34-27/h1,3,5-15,17,21,27H,2,4,16,18-20H2/t27-/m1/s1. The largest absolute Gasteiger partial charge is 0.491 e. The van der Waals surface area contributed by atoms with Crippen molar-refractivity contribution in [3.8, 4) is 11.4 Å². The van der Waals surface area contributed by atoms with Crippen molar-refractivity contribution < 1.29 is 14.3 Å². The van der Waals surface area contributed by atoms with Gasteiger partial charge in [-0.05, 0) is 66.4 Å². The molecular weight excluding hydrogens is 440 g/mol. The summed E-state index contributed by atoms with van der Waals surface area (Å²) in [5.41, 5.74) is 3.60. The van der Waals surface area contributed by atoms with E-state index in [4.69, 9.17) is 9.47 Å². The second kappa shape index (κ2) is 11.0. The zero-order valence-electron chi connectivity index (χ0n) is 19.5. The van der Waals surface area contributed by atoms with Crippen molar-refractivity contribution >= 4 is 5.91 Å². The number of ether oxygens (including phenoxy) is 2. The van der Waals surface area contributed by atoms with Crippen LogP contribution >= 0.6 is 0 Å². The lowest BCUT2D eigenvalue weighted by atomic mass is 10.1. The molecule has 1 fully saturated rings. The van der Waals surface area contributed by atoms with E-state index in [9.17, 15) is 4.79 Å². The van der Waals surface area contributed by atoms with Crippen LogP contribution in [0, 0.1) is 0 Å². The van der Waals surface area contributed by atoms with Crippen LogP contribution in [0.3, 0.4) is 0 Å². The molecule has 7 heteroatoms. The second-order valence-electron chi connectivity index (χ2n) is 8.63. The van der Waals surface area contributed by atoms with Gasteiger partial charge in [0.1, 0.15) is 12.4 Å². The van der Waals surface area contributed by atoms with Gasteiger partial charge in [-0.2, -0.15) is 0 Å². The molecule has 1 aliphatic rings. The molecule has 2 aromatic heterocycles. The fraction of sp³-hybridized carbons (Fsp3) is 0.250. The van der Waals surface area contributed by atoms with Crippen LogP contribution < -0.4 is 4.74 Å². The Morgan fingerprint density at radius 1 is 1.00 bits per heavy atom. The summed E-state index contributed by atoms with van der Waals surface area (Å²) in [4.78, 5) is 23.6. The number of hydrogen-bond acceptors (Lipinski definition) is 5. The number of nitrogens with zero attached hydrogens (tertiary/aromatic N) is 4. The van der Waals surface area contributed by atoms with Gasteiger partial charge in [-0.3, -0.25) is 9.78 Å². The number of amides is 1. The average Bonchev–Trinajstić information content (AvgIpc) is 3.63. The summed E-state index contributed by atoms with van der Waals surface area (Å²) in [6.07, 6.45) is 11.2. The van der Waals surface area contributed by atoms with Crippen molar-refractivity contribution in [2.24, 2.45) is 0 Å². The molecule has 7 nitrogen and oxygen atoms in total. The van der Waals surface area contributed by atoms with Gasteiger partial charge in [0.15, 0.2) is 0 Å². The van der Waals surface area contributed by atoms with E-state index in [0.29, 0.717) is 25.3 Å². The Labute approximate surface area is 205 Å². The molecule has 0 saturated carbocycles. The Balaban J connectivity index is 1.29. The number of hydrogen-bond donors (Lipinski definition) is 0. The third kappa shape index (κ3) is 5.94. The summed E-state index contributed by atoms with van der Waals surface area (Å²) in [6.45, 7) is 2.33. The maximum Gasteiger partial charge on any atom is 0.254 e. The first-order chi connectivity index (χ1) is 17.2. The van der Waals surface area contributed by atoms with Crippen LogP contribution in [0.5, 0.6) is 5.75 Å². The second-order valence-corrected chi connectivity index (χ2v) is 8.63. The van der Waals surface area contributed by atoms with Gasteiger partial charge in [-0.15, -0.1) is 0 Å². The number of benzene rings is 2. The van der Waals surface area contributed by atoms with Gasteiger partial charge in [0.25, 0.3) is 5.91 Å². The van der Waals surface area contributed by atoms with Gasteiger partial charge >= 0.3 is 0 Å². The molecule has 3 heterocycles. The van der Waals surface area contributed by atoms with Crippen molar-refractivity contribution in [3.63, 3.8) is 0 Å². The van der Waals surface area contributed by atoms with Gasteiger partial charge in [-0.1, -0.05) is 18.2 Å². The van der Waals surface area contributed by atoms with E-state index in [0.717, 1.165) is 42.0 Å². The van der Waals surface area contributed by atoms with E-state index in [2.05, 4.69) is 9.97 Å². The van der Waals surface area contributed by atoms with E-state index in [-0.39, 0.29) is 12.0 Å². The van der Waals surface area contributed by atoms with E-state index in [1.165, 1.54) is 0 Å². The van der Waals surface area contributed by atoms with Gasteiger partial charge in [-0.25, -0.2) is 4.98 Å². The lowest BCUT2D eigenvalue weighted by Crippen LogP contribution is -2.30. The van der Waals surface area contributed by atoms with Crippen LogP contribution in [0.25, 0.3) is 5.69 Å². The summed E-state index contributed by atoms with van der Waals surface area (Å²) in [5, 5.41) is 0. The van der Waals surface area contributed by atoms with Crippen LogP contribution in [0.4, 0.5) is 0 Å². The predicted molar refractivity (Wildman–Crippen MR) is 132 cm³/mol. The average molecular weight is 469 g/mol. The molecule has 1 saturated heterocycles. The topological polar surface area (TPSA) is 69.5 Å². The highest BCUT2D eigenvalue weighted by Gasteiger charge is 2.18. The molecule has 0 N–H and O–H groups in total. The molecule has 35 heavy (non-hydrogen) atoms. The lowest BCUT2D eigenvalue weighted by molar-refractivity contribution is 0.0679. The van der Waals surface area contributed by atoms with Gasteiger partial charge in [0.05, 0.1) is 12.4 Å². The summed E-state index contributed by atoms with van der Waals surface area (Å²) in [5.74, 6) is 0.772. The van der Waals surface area contributed by atoms with Crippen molar-refractivity contribution in [2.75, 3.05) is 13.2 Å². The van der Waals surface area contributed by atoms with Crippen molar-refractivity contribution in [1.29, 1.82) is 0 Å². The van der Waals surface area contributed by atoms with Crippen molar-refractivity contribution in [3.05, 3.63) is 108 Å². The fourth-order valence-corrected chi connectivity index (χ4v) is 4.16. The number of rotatable bonds is 9. The number of imidazole rings is 1. The van der Waals surface area contributed by atoms with E-state index in [1.807, 2.05) is 76.3 Å². The summed E-state index contributed by atoms with van der Waals surface area (Å²) < 4.78 is 13.4. The smallest absolute Gasteiger partial charge is 0.254 e. The molecule has 0 aliphatic carbocycles. The van der Waals surface area contributed by atoms with E-state index >= 15 is 0 Å². The van der Waals surface area contributed by atoms with Crippen LogP contribution in [0.2, 0.25) is 0 Å². The Bertz CT molecular complexity index is 1200. The SMILES string of the molecule is O=C(c1ccc(-n2ccnc2)cc1)N(Cc1ccc(OC[C@H]2CCCO2)cc1)Cc1cccnc1. The Kier molecular flexibility index (Phi) is 7.15. The van der Waals surface area contributed by atoms with Crippen LogP contribution in [0.15, 0.2) is 91.8 Å². The molecule has 0 unspecified atom stereocenters. The first-order valence-corrected chi connectivity index (χ1v) is 11.8. The summed E-state index contributed by atoms with van der Waals surface area (Å²) in [7, 11) is 0. The fourth-order valence-electron chi connectivity index (χ4n) is 4.16. The zero-order chi connectivity index (χ0) is 23.9. The first kappa shape index (κ1) is 22.8. The summed E-state index contributed by atoms with van der Waals surface area (Å²) in [6, 6.07) is 19.4. The molecule has 1 amide bonds. The quantitative estimate of drug-likeness (QED) is 0.357. The number of carbonyl (C=O) groups excluding carboxylic acids is 1. The molecule has 178 valence electrons. The number of aromatic nitrogens is 3. The third-order valence-corrected chi connectivity index (χ3v) is 6.06. The zero-order valence-corrected chi connectivity index (χ0v) is 19.5. The highest BCUT2D eigenvalue weighted by molar-refractivity contribution is 5.94. The lowest BCUT2D eigenvalue weighted by Gasteiger charge is -2.23. The van der Waals surface area contributed by atoms with Crippen LogP contribution in [0.1, 0.15) is 34.3 Å². The number of pyridine rings is 1. The monoisotopic (exact) mass is 468 g/mol. The molecule has 0 radical (unpaired) electrons.